The van der Waals surface area contributed by atoms with E-state index in [0.717, 1.165) is 5.56 Å². The highest BCUT2D eigenvalue weighted by Crippen LogP contribution is 2.18. The minimum Gasteiger partial charge on any atom is -0.482 e. The van der Waals surface area contributed by atoms with Crippen molar-refractivity contribution in [3.05, 3.63) is 29.8 Å². The second-order valence-corrected chi connectivity index (χ2v) is 5.46. The summed E-state index contributed by atoms with van der Waals surface area (Å²) in [6, 6.07) is 7.15. The number of halogens is 1. The Labute approximate surface area is 147 Å². The van der Waals surface area contributed by atoms with Crippen LogP contribution in [0.15, 0.2) is 24.3 Å². The van der Waals surface area contributed by atoms with Gasteiger partial charge in [-0.25, -0.2) is 4.79 Å². The van der Waals surface area contributed by atoms with Gasteiger partial charge in [0.05, 0.1) is 12.6 Å². The molecule has 0 bridgehead atoms. The maximum Gasteiger partial charge on any atom is 0.343 e. The van der Waals surface area contributed by atoms with Crippen molar-refractivity contribution in [3.63, 3.8) is 0 Å². The fraction of sp³-hybridized carbons (Fsp3) is 0.500. The van der Waals surface area contributed by atoms with E-state index in [1.165, 1.54) is 7.11 Å². The number of carbonyl (C=O) groups excluding carboxylic acids is 2. The molecule has 1 fully saturated rings. The summed E-state index contributed by atoms with van der Waals surface area (Å²) >= 11 is 0. The summed E-state index contributed by atoms with van der Waals surface area (Å²) < 4.78 is 15.1. The number of amides is 1. The average molecular weight is 359 g/mol. The first kappa shape index (κ1) is 20.2. The van der Waals surface area contributed by atoms with Gasteiger partial charge >= 0.3 is 5.97 Å². The first-order valence-electron chi connectivity index (χ1n) is 7.47. The third-order valence-corrected chi connectivity index (χ3v) is 3.77. The Morgan fingerprint density at radius 1 is 1.33 bits per heavy atom. The molecule has 0 unspecified atom stereocenters. The number of nitrogens with one attached hydrogen (secondary N) is 1. The average Bonchev–Trinajstić information content (AvgIpc) is 2.58. The molecule has 134 valence electrons. The van der Waals surface area contributed by atoms with Crippen molar-refractivity contribution in [1.82, 2.24) is 5.32 Å². The lowest BCUT2D eigenvalue weighted by atomic mass is 9.90. The Bertz CT molecular complexity index is 561. The molecule has 0 radical (unpaired) electrons. The van der Waals surface area contributed by atoms with Crippen LogP contribution in [0.5, 0.6) is 5.75 Å². The van der Waals surface area contributed by atoms with Crippen molar-refractivity contribution >= 4 is 24.3 Å². The highest BCUT2D eigenvalue weighted by Gasteiger charge is 2.35. The van der Waals surface area contributed by atoms with E-state index in [1.54, 1.807) is 18.2 Å². The Kier molecular flexibility index (Phi) is 7.97. The molecule has 1 aliphatic heterocycles. The van der Waals surface area contributed by atoms with Crippen molar-refractivity contribution in [2.24, 2.45) is 5.73 Å². The third kappa shape index (κ3) is 5.67. The molecule has 1 aliphatic rings. The standard InChI is InChI=1S/C16H22N2O5.ClH/c1-21-14(19)11-23-13-4-2-3-12(9-13)10-18-15(20)16(17)5-7-22-8-6-16;/h2-4,9H,5-8,10-11,17H2,1H3,(H,18,20);1H. The molecule has 1 amide bonds. The molecule has 0 atom stereocenters. The lowest BCUT2D eigenvalue weighted by molar-refractivity contribution is -0.142. The van der Waals surface area contributed by atoms with Crippen LogP contribution in [-0.4, -0.2) is 44.3 Å². The minimum atomic E-state index is -0.864. The number of carbonyl (C=O) groups is 2. The number of nitrogens with two attached hydrogens (primary N) is 1. The van der Waals surface area contributed by atoms with Crippen molar-refractivity contribution in [2.75, 3.05) is 26.9 Å². The second-order valence-electron chi connectivity index (χ2n) is 5.46. The molecule has 0 spiro atoms. The molecule has 8 heteroatoms. The van der Waals surface area contributed by atoms with Gasteiger partial charge in [-0.15, -0.1) is 12.4 Å². The van der Waals surface area contributed by atoms with Crippen LogP contribution in [0.1, 0.15) is 18.4 Å². The monoisotopic (exact) mass is 358 g/mol. The molecular weight excluding hydrogens is 336 g/mol. The summed E-state index contributed by atoms with van der Waals surface area (Å²) in [5, 5.41) is 2.85. The lowest BCUT2D eigenvalue weighted by Gasteiger charge is -2.31. The van der Waals surface area contributed by atoms with Gasteiger partial charge in [0, 0.05) is 19.8 Å². The number of hydrogen-bond donors (Lipinski definition) is 2. The molecule has 0 aliphatic carbocycles. The van der Waals surface area contributed by atoms with Crippen LogP contribution in [0.3, 0.4) is 0 Å². The van der Waals surface area contributed by atoms with Gasteiger partial charge in [-0.05, 0) is 30.5 Å². The molecule has 3 N–H and O–H groups in total. The quantitative estimate of drug-likeness (QED) is 0.729. The number of ether oxygens (including phenoxy) is 3. The summed E-state index contributed by atoms with van der Waals surface area (Å²) in [6.45, 7) is 1.19. The predicted octanol–water partition coefficient (Wildman–Crippen LogP) is 0.784. The Morgan fingerprint density at radius 3 is 2.71 bits per heavy atom. The normalized spacial score (nSPS) is 15.8. The van der Waals surface area contributed by atoms with Crippen LogP contribution in [0.4, 0.5) is 0 Å². The number of benzene rings is 1. The summed E-state index contributed by atoms with van der Waals surface area (Å²) in [4.78, 5) is 23.3. The van der Waals surface area contributed by atoms with Crippen molar-refractivity contribution in [1.29, 1.82) is 0 Å². The zero-order valence-corrected chi connectivity index (χ0v) is 14.4. The number of hydrogen-bond acceptors (Lipinski definition) is 6. The largest absolute Gasteiger partial charge is 0.482 e. The topological polar surface area (TPSA) is 99.9 Å². The molecular formula is C16H23ClN2O5. The lowest BCUT2D eigenvalue weighted by Crippen LogP contribution is -2.56. The maximum atomic E-state index is 12.2. The molecule has 1 saturated heterocycles. The summed E-state index contributed by atoms with van der Waals surface area (Å²) in [5.41, 5.74) is 6.12. The van der Waals surface area contributed by atoms with Gasteiger partial charge in [-0.2, -0.15) is 0 Å². The van der Waals surface area contributed by atoms with Crippen LogP contribution in [0.25, 0.3) is 0 Å². The van der Waals surface area contributed by atoms with E-state index < -0.39 is 11.5 Å². The zero-order valence-electron chi connectivity index (χ0n) is 13.6. The van der Waals surface area contributed by atoms with Crippen LogP contribution >= 0.6 is 12.4 Å². The van der Waals surface area contributed by atoms with Crippen molar-refractivity contribution in [3.8, 4) is 5.75 Å². The molecule has 1 aromatic rings. The van der Waals surface area contributed by atoms with Gasteiger partial charge in [-0.1, -0.05) is 12.1 Å². The SMILES string of the molecule is COC(=O)COc1cccc(CNC(=O)C2(N)CCOCC2)c1.Cl. The molecule has 0 aromatic heterocycles. The van der Waals surface area contributed by atoms with Gasteiger partial charge in [0.2, 0.25) is 5.91 Å². The van der Waals surface area contributed by atoms with Gasteiger partial charge < -0.3 is 25.3 Å². The molecule has 2 rings (SSSR count). The van der Waals surface area contributed by atoms with Crippen LogP contribution in [0, 0.1) is 0 Å². The van der Waals surface area contributed by atoms with E-state index >= 15 is 0 Å². The Hall–Kier alpha value is -1.83. The molecule has 1 aromatic carbocycles. The second kappa shape index (κ2) is 9.46. The Balaban J connectivity index is 0.00000288. The van der Waals surface area contributed by atoms with Crippen molar-refractivity contribution in [2.45, 2.75) is 24.9 Å². The number of rotatable bonds is 6. The number of methoxy groups -OCH3 is 1. The van der Waals surface area contributed by atoms with Crippen molar-refractivity contribution < 1.29 is 23.8 Å². The van der Waals surface area contributed by atoms with Gasteiger partial charge in [0.1, 0.15) is 5.75 Å². The van der Waals surface area contributed by atoms with E-state index in [4.69, 9.17) is 15.2 Å². The van der Waals surface area contributed by atoms with Gasteiger partial charge in [0.25, 0.3) is 0 Å². The van der Waals surface area contributed by atoms with E-state index in [-0.39, 0.29) is 24.9 Å². The van der Waals surface area contributed by atoms with Crippen LogP contribution < -0.4 is 15.8 Å². The van der Waals surface area contributed by atoms with E-state index in [9.17, 15) is 9.59 Å². The molecule has 0 saturated carbocycles. The third-order valence-electron chi connectivity index (χ3n) is 3.77. The smallest absolute Gasteiger partial charge is 0.343 e. The Morgan fingerprint density at radius 2 is 2.04 bits per heavy atom. The summed E-state index contributed by atoms with van der Waals surface area (Å²) in [7, 11) is 1.30. The van der Waals surface area contributed by atoms with E-state index in [1.807, 2.05) is 6.07 Å². The highest BCUT2D eigenvalue weighted by atomic mass is 35.5. The molecule has 1 heterocycles. The minimum absolute atomic E-state index is 0. The van der Waals surface area contributed by atoms with Crippen LogP contribution in [0.2, 0.25) is 0 Å². The molecule has 24 heavy (non-hydrogen) atoms. The van der Waals surface area contributed by atoms with Gasteiger partial charge in [0.15, 0.2) is 6.61 Å². The first-order chi connectivity index (χ1) is 11.0. The van der Waals surface area contributed by atoms with Crippen LogP contribution in [-0.2, 0) is 25.6 Å². The zero-order chi connectivity index (χ0) is 16.7. The number of esters is 1. The van der Waals surface area contributed by atoms with Gasteiger partial charge in [-0.3, -0.25) is 4.79 Å². The first-order valence-corrected chi connectivity index (χ1v) is 7.47. The fourth-order valence-electron chi connectivity index (χ4n) is 2.27. The summed E-state index contributed by atoms with van der Waals surface area (Å²) in [6.07, 6.45) is 1.03. The van der Waals surface area contributed by atoms with E-state index in [0.29, 0.717) is 38.3 Å². The predicted molar refractivity (Wildman–Crippen MR) is 90.0 cm³/mol. The maximum absolute atomic E-state index is 12.2. The summed E-state index contributed by atoms with van der Waals surface area (Å²) in [5.74, 6) is -0.0920. The highest BCUT2D eigenvalue weighted by molar-refractivity contribution is 5.86. The molecule has 7 nitrogen and oxygen atoms in total. The fourth-order valence-corrected chi connectivity index (χ4v) is 2.27. The van der Waals surface area contributed by atoms with E-state index in [2.05, 4.69) is 10.1 Å².